The molecule has 0 radical (unpaired) electrons. The number of esters is 3. The van der Waals surface area contributed by atoms with Gasteiger partial charge in [0.15, 0.2) is 6.10 Å². The van der Waals surface area contributed by atoms with E-state index in [1.165, 1.54) is 128 Å². The van der Waals surface area contributed by atoms with Gasteiger partial charge in [-0.3, -0.25) is 14.4 Å². The van der Waals surface area contributed by atoms with Gasteiger partial charge in [-0.05, 0) is 83.5 Å². The lowest BCUT2D eigenvalue weighted by Crippen LogP contribution is -2.30. The quantitative estimate of drug-likeness (QED) is 0.0199. The first-order chi connectivity index (χ1) is 32.5. The molecule has 0 aromatic heterocycles. The van der Waals surface area contributed by atoms with E-state index in [0.29, 0.717) is 19.3 Å². The van der Waals surface area contributed by atoms with Crippen LogP contribution in [0.1, 0.15) is 258 Å². The van der Waals surface area contributed by atoms with Crippen molar-refractivity contribution < 1.29 is 28.6 Å². The predicted octanol–water partition coefficient (Wildman–Crippen LogP) is 18.4. The molecule has 0 spiro atoms. The van der Waals surface area contributed by atoms with Gasteiger partial charge in [0.25, 0.3) is 0 Å². The summed E-state index contributed by atoms with van der Waals surface area (Å²) in [5.41, 5.74) is 0. The molecule has 6 nitrogen and oxygen atoms in total. The lowest BCUT2D eigenvalue weighted by Gasteiger charge is -2.18. The van der Waals surface area contributed by atoms with Crippen molar-refractivity contribution in [1.82, 2.24) is 0 Å². The number of carbonyl (C=O) groups excluding carboxylic acids is 3. The zero-order valence-corrected chi connectivity index (χ0v) is 43.2. The Labute approximate surface area is 407 Å². The number of hydrogen-bond acceptors (Lipinski definition) is 6. The van der Waals surface area contributed by atoms with E-state index in [4.69, 9.17) is 14.2 Å². The maximum Gasteiger partial charge on any atom is 0.306 e. The van der Waals surface area contributed by atoms with Crippen molar-refractivity contribution in [3.8, 4) is 0 Å². The van der Waals surface area contributed by atoms with Gasteiger partial charge in [-0.15, -0.1) is 0 Å². The summed E-state index contributed by atoms with van der Waals surface area (Å²) in [5, 5.41) is 0. The van der Waals surface area contributed by atoms with Crippen molar-refractivity contribution in [3.63, 3.8) is 0 Å². The molecule has 1 atom stereocenters. The zero-order valence-electron chi connectivity index (χ0n) is 43.2. The van der Waals surface area contributed by atoms with E-state index in [1.54, 1.807) is 0 Å². The average molecular weight is 919 g/mol. The molecule has 0 aromatic rings. The number of hydrogen-bond donors (Lipinski definition) is 0. The van der Waals surface area contributed by atoms with Crippen molar-refractivity contribution >= 4 is 17.9 Å². The fourth-order valence-electron chi connectivity index (χ4n) is 7.61. The van der Waals surface area contributed by atoms with E-state index in [-0.39, 0.29) is 31.1 Å². The maximum atomic E-state index is 12.8. The van der Waals surface area contributed by atoms with Crippen LogP contribution in [0.2, 0.25) is 0 Å². The van der Waals surface area contributed by atoms with Gasteiger partial charge in [0.1, 0.15) is 13.2 Å². The Balaban J connectivity index is 4.41. The van der Waals surface area contributed by atoms with Gasteiger partial charge < -0.3 is 14.2 Å². The smallest absolute Gasteiger partial charge is 0.306 e. The van der Waals surface area contributed by atoms with Crippen LogP contribution in [0.25, 0.3) is 0 Å². The van der Waals surface area contributed by atoms with Crippen LogP contribution in [0, 0.1) is 0 Å². The highest BCUT2D eigenvalue weighted by Crippen LogP contribution is 2.15. The fourth-order valence-corrected chi connectivity index (χ4v) is 7.61. The van der Waals surface area contributed by atoms with Crippen LogP contribution in [0.3, 0.4) is 0 Å². The highest BCUT2D eigenvalue weighted by atomic mass is 16.6. The van der Waals surface area contributed by atoms with Crippen molar-refractivity contribution in [1.29, 1.82) is 0 Å². The molecule has 0 saturated heterocycles. The third-order valence-electron chi connectivity index (χ3n) is 11.7. The zero-order chi connectivity index (χ0) is 47.9. The van der Waals surface area contributed by atoms with Crippen LogP contribution < -0.4 is 0 Å². The first-order valence-corrected chi connectivity index (χ1v) is 27.7. The number of carbonyl (C=O) groups is 3. The minimum absolute atomic E-state index is 0.0899. The summed E-state index contributed by atoms with van der Waals surface area (Å²) >= 11 is 0. The monoisotopic (exact) mass is 919 g/mol. The average Bonchev–Trinajstić information content (AvgIpc) is 3.31. The summed E-state index contributed by atoms with van der Waals surface area (Å²) in [5.74, 6) is -0.918. The molecule has 0 heterocycles. The number of ether oxygens (including phenoxy) is 3. The van der Waals surface area contributed by atoms with Crippen LogP contribution >= 0.6 is 0 Å². The molecule has 0 N–H and O–H groups in total. The third-order valence-corrected chi connectivity index (χ3v) is 11.7. The standard InChI is InChI=1S/C60H102O6/c1-4-7-10-13-16-19-22-25-28-29-30-33-35-38-41-44-47-50-53-59(62)65-56-57(66-60(63)54-51-48-45-42-39-36-32-27-24-21-18-15-12-9-6-3)55-64-58(61)52-49-46-43-40-37-34-31-26-23-20-17-14-11-8-5-2/h8-9,11-12,14-15,17-18,20-21,23-24,30,33,57H,4-7,10,13,16,19,22,25-29,31-32,34-56H2,1-3H3/b11-8-,12-9-,17-14-,18-15-,23-20-,24-21-,33-30-. The van der Waals surface area contributed by atoms with Gasteiger partial charge in [0.05, 0.1) is 0 Å². The Kier molecular flexibility index (Phi) is 51.4. The van der Waals surface area contributed by atoms with Crippen molar-refractivity contribution in [2.45, 2.75) is 264 Å². The second kappa shape index (κ2) is 54.2. The molecule has 0 amide bonds. The van der Waals surface area contributed by atoms with Gasteiger partial charge in [-0.1, -0.05) is 241 Å². The lowest BCUT2D eigenvalue weighted by atomic mass is 10.1. The van der Waals surface area contributed by atoms with Crippen LogP contribution in [-0.4, -0.2) is 37.2 Å². The molecule has 0 fully saturated rings. The van der Waals surface area contributed by atoms with Gasteiger partial charge in [-0.2, -0.15) is 0 Å². The molecule has 0 saturated carbocycles. The summed E-state index contributed by atoms with van der Waals surface area (Å²) < 4.78 is 16.8. The topological polar surface area (TPSA) is 78.9 Å². The molecule has 0 bridgehead atoms. The Morgan fingerprint density at radius 3 is 0.955 bits per heavy atom. The molecule has 0 aliphatic rings. The van der Waals surface area contributed by atoms with E-state index >= 15 is 0 Å². The van der Waals surface area contributed by atoms with Crippen molar-refractivity contribution in [2.75, 3.05) is 13.2 Å². The van der Waals surface area contributed by atoms with Crippen LogP contribution in [-0.2, 0) is 28.6 Å². The number of rotatable bonds is 49. The molecule has 0 rings (SSSR count). The minimum atomic E-state index is -0.792. The summed E-state index contributed by atoms with van der Waals surface area (Å²) in [7, 11) is 0. The first-order valence-electron chi connectivity index (χ1n) is 27.7. The molecular weight excluding hydrogens is 817 g/mol. The second-order valence-electron chi connectivity index (χ2n) is 18.2. The molecule has 1 unspecified atom stereocenters. The molecule has 0 aliphatic carbocycles. The Bertz CT molecular complexity index is 1290. The number of unbranched alkanes of at least 4 members (excludes halogenated alkanes) is 28. The Hall–Kier alpha value is -3.41. The van der Waals surface area contributed by atoms with Crippen LogP contribution in [0.15, 0.2) is 85.1 Å². The minimum Gasteiger partial charge on any atom is -0.462 e. The Morgan fingerprint density at radius 2 is 0.606 bits per heavy atom. The molecule has 0 aromatic carbocycles. The van der Waals surface area contributed by atoms with Gasteiger partial charge in [0.2, 0.25) is 0 Å². The van der Waals surface area contributed by atoms with E-state index < -0.39 is 6.10 Å². The fraction of sp³-hybridized carbons (Fsp3) is 0.717. The first kappa shape index (κ1) is 62.6. The highest BCUT2D eigenvalue weighted by molar-refractivity contribution is 5.71. The number of allylic oxidation sites excluding steroid dienone is 14. The lowest BCUT2D eigenvalue weighted by molar-refractivity contribution is -0.167. The van der Waals surface area contributed by atoms with Crippen LogP contribution in [0.5, 0.6) is 0 Å². The molecule has 378 valence electrons. The van der Waals surface area contributed by atoms with Crippen molar-refractivity contribution in [3.05, 3.63) is 85.1 Å². The van der Waals surface area contributed by atoms with Gasteiger partial charge in [-0.25, -0.2) is 0 Å². The normalized spacial score (nSPS) is 12.7. The SMILES string of the molecule is CC\C=C/C=C\C=C/CCCCCCCCCC(=O)OCC(COC(=O)CCCCCCC/C=C\CCCCCCCCCCC)OC(=O)CCCCCCCCC\C=C/C=C\C=C/CC. The molecular formula is C60H102O6. The maximum absolute atomic E-state index is 12.8. The van der Waals surface area contributed by atoms with E-state index in [9.17, 15) is 14.4 Å². The largest absolute Gasteiger partial charge is 0.462 e. The Morgan fingerprint density at radius 1 is 0.318 bits per heavy atom. The van der Waals surface area contributed by atoms with E-state index in [1.807, 2.05) is 0 Å². The van der Waals surface area contributed by atoms with Gasteiger partial charge in [0, 0.05) is 19.3 Å². The second-order valence-corrected chi connectivity index (χ2v) is 18.2. The highest BCUT2D eigenvalue weighted by Gasteiger charge is 2.19. The summed E-state index contributed by atoms with van der Waals surface area (Å²) in [4.78, 5) is 38.1. The summed E-state index contributed by atoms with van der Waals surface area (Å²) in [6.45, 7) is 6.36. The third kappa shape index (κ3) is 51.6. The van der Waals surface area contributed by atoms with E-state index in [2.05, 4.69) is 106 Å². The molecule has 6 heteroatoms. The predicted molar refractivity (Wildman–Crippen MR) is 284 cm³/mol. The summed E-state index contributed by atoms with van der Waals surface area (Å²) in [6.07, 6.45) is 70.0. The van der Waals surface area contributed by atoms with Crippen LogP contribution in [0.4, 0.5) is 0 Å². The molecule has 0 aliphatic heterocycles. The summed E-state index contributed by atoms with van der Waals surface area (Å²) in [6, 6.07) is 0. The van der Waals surface area contributed by atoms with Crippen molar-refractivity contribution in [2.24, 2.45) is 0 Å². The van der Waals surface area contributed by atoms with Gasteiger partial charge >= 0.3 is 17.9 Å². The van der Waals surface area contributed by atoms with E-state index in [0.717, 1.165) is 89.9 Å². The molecule has 66 heavy (non-hydrogen) atoms.